The minimum Gasteiger partial charge on any atom is -0.346 e. The van der Waals surface area contributed by atoms with Gasteiger partial charge in [0.1, 0.15) is 10.5 Å². The average molecular weight is 286 g/mol. The highest BCUT2D eigenvalue weighted by Crippen LogP contribution is 2.30. The smallest absolute Gasteiger partial charge is 0.130 e. The van der Waals surface area contributed by atoms with E-state index in [2.05, 4.69) is 68.9 Å². The van der Waals surface area contributed by atoms with E-state index in [0.717, 1.165) is 11.5 Å². The van der Waals surface area contributed by atoms with Crippen molar-refractivity contribution in [3.05, 3.63) is 58.1 Å². The number of aromatic nitrogens is 2. The average Bonchev–Trinajstić information content (AvgIpc) is 2.38. The summed E-state index contributed by atoms with van der Waals surface area (Å²) in [6.07, 6.45) is 0. The molecule has 1 heterocycles. The molecule has 0 bridgehead atoms. The van der Waals surface area contributed by atoms with E-state index in [9.17, 15) is 0 Å². The van der Waals surface area contributed by atoms with Crippen molar-refractivity contribution in [1.29, 1.82) is 0 Å². The molecule has 2 nitrogen and oxygen atoms in total. The first kappa shape index (κ1) is 14.9. The molecular weight excluding hydrogens is 264 g/mol. The summed E-state index contributed by atoms with van der Waals surface area (Å²) < 4.78 is 0.646. The van der Waals surface area contributed by atoms with Gasteiger partial charge in [-0.05, 0) is 25.5 Å². The summed E-state index contributed by atoms with van der Waals surface area (Å²) in [5.74, 6) is 0.918. The molecule has 0 radical (unpaired) electrons. The van der Waals surface area contributed by atoms with Gasteiger partial charge in [-0.3, -0.25) is 0 Å². The highest BCUT2D eigenvalue weighted by atomic mass is 32.1. The summed E-state index contributed by atoms with van der Waals surface area (Å²) in [6.45, 7) is 10.9. The molecule has 0 aliphatic carbocycles. The number of rotatable bonds is 2. The zero-order valence-corrected chi connectivity index (χ0v) is 13.6. The second kappa shape index (κ2) is 5.13. The van der Waals surface area contributed by atoms with Gasteiger partial charge in [0.25, 0.3) is 0 Å². The Kier molecular flexibility index (Phi) is 3.83. The minimum atomic E-state index is -0.198. The maximum Gasteiger partial charge on any atom is 0.130 e. The molecule has 3 heteroatoms. The van der Waals surface area contributed by atoms with E-state index in [1.54, 1.807) is 0 Å². The van der Waals surface area contributed by atoms with Crippen molar-refractivity contribution in [1.82, 2.24) is 9.97 Å². The third kappa shape index (κ3) is 2.98. The summed E-state index contributed by atoms with van der Waals surface area (Å²) >= 11 is 5.34. The Morgan fingerprint density at radius 2 is 1.60 bits per heavy atom. The van der Waals surface area contributed by atoms with Crippen LogP contribution in [0.15, 0.2) is 36.4 Å². The monoisotopic (exact) mass is 286 g/mol. The first-order valence-electron chi connectivity index (χ1n) is 6.89. The van der Waals surface area contributed by atoms with Gasteiger partial charge in [-0.25, -0.2) is 4.98 Å². The Morgan fingerprint density at radius 1 is 1.00 bits per heavy atom. The predicted octanol–water partition coefficient (Wildman–Crippen LogP) is 4.76. The van der Waals surface area contributed by atoms with Crippen molar-refractivity contribution < 1.29 is 0 Å². The third-order valence-electron chi connectivity index (χ3n) is 3.64. The molecule has 1 aromatic carbocycles. The van der Waals surface area contributed by atoms with Gasteiger partial charge in [0, 0.05) is 16.5 Å². The molecule has 0 aliphatic rings. The molecule has 0 saturated carbocycles. The largest absolute Gasteiger partial charge is 0.346 e. The second-order valence-electron chi connectivity index (χ2n) is 6.72. The lowest BCUT2D eigenvalue weighted by molar-refractivity contribution is 0.533. The minimum absolute atomic E-state index is 0.0258. The van der Waals surface area contributed by atoms with Crippen molar-refractivity contribution in [2.24, 2.45) is 0 Å². The molecular formula is C17H22N2S. The SMILES string of the molecule is CC(C)(C)c1cc(=S)nc(C(C)(C)c2ccccc2)[nH]1. The normalized spacial score (nSPS) is 12.4. The molecule has 0 atom stereocenters. The van der Waals surface area contributed by atoms with Gasteiger partial charge in [0.15, 0.2) is 0 Å². The van der Waals surface area contributed by atoms with Gasteiger partial charge in [-0.2, -0.15) is 0 Å². The van der Waals surface area contributed by atoms with Gasteiger partial charge in [0.2, 0.25) is 0 Å². The van der Waals surface area contributed by atoms with E-state index in [4.69, 9.17) is 12.2 Å². The molecule has 0 unspecified atom stereocenters. The highest BCUT2D eigenvalue weighted by molar-refractivity contribution is 7.71. The Morgan fingerprint density at radius 3 is 2.15 bits per heavy atom. The fraction of sp³-hybridized carbons (Fsp3) is 0.412. The highest BCUT2D eigenvalue weighted by Gasteiger charge is 2.27. The zero-order valence-electron chi connectivity index (χ0n) is 12.8. The molecule has 106 valence electrons. The standard InChI is InChI=1S/C17H22N2S/c1-16(2,3)13-11-14(20)19-15(18-13)17(4,5)12-9-7-6-8-10-12/h6-11H,1-5H3,(H,18,19,20). The molecule has 1 aromatic heterocycles. The van der Waals surface area contributed by atoms with Gasteiger partial charge < -0.3 is 4.98 Å². The zero-order chi connectivity index (χ0) is 15.0. The quantitative estimate of drug-likeness (QED) is 0.806. The first-order valence-corrected chi connectivity index (χ1v) is 7.30. The summed E-state index contributed by atoms with van der Waals surface area (Å²) in [7, 11) is 0. The molecule has 2 aromatic rings. The summed E-state index contributed by atoms with van der Waals surface area (Å²) in [4.78, 5) is 8.04. The predicted molar refractivity (Wildman–Crippen MR) is 86.7 cm³/mol. The van der Waals surface area contributed by atoms with Crippen LogP contribution in [0, 0.1) is 4.64 Å². The lowest BCUT2D eigenvalue weighted by Crippen LogP contribution is -2.25. The van der Waals surface area contributed by atoms with Crippen LogP contribution in [0.1, 0.15) is 51.7 Å². The maximum atomic E-state index is 5.34. The van der Waals surface area contributed by atoms with E-state index in [-0.39, 0.29) is 10.8 Å². The van der Waals surface area contributed by atoms with Gasteiger partial charge in [-0.1, -0.05) is 63.3 Å². The first-order chi connectivity index (χ1) is 9.21. The molecule has 1 N–H and O–H groups in total. The van der Waals surface area contributed by atoms with Crippen LogP contribution in [0.5, 0.6) is 0 Å². The molecule has 0 amide bonds. The van der Waals surface area contributed by atoms with E-state index in [1.807, 2.05) is 12.1 Å². The van der Waals surface area contributed by atoms with Crippen molar-refractivity contribution in [3.8, 4) is 0 Å². The van der Waals surface area contributed by atoms with Gasteiger partial charge in [0.05, 0.1) is 0 Å². The molecule has 20 heavy (non-hydrogen) atoms. The van der Waals surface area contributed by atoms with Crippen molar-refractivity contribution in [2.45, 2.75) is 45.4 Å². The van der Waals surface area contributed by atoms with Crippen LogP contribution in [-0.4, -0.2) is 9.97 Å². The maximum absolute atomic E-state index is 5.34. The van der Waals surface area contributed by atoms with Crippen LogP contribution in [0.3, 0.4) is 0 Å². The topological polar surface area (TPSA) is 28.7 Å². The molecule has 0 fully saturated rings. The number of hydrogen-bond donors (Lipinski definition) is 1. The summed E-state index contributed by atoms with van der Waals surface area (Å²) in [5.41, 5.74) is 2.18. The Balaban J connectivity index is 2.58. The second-order valence-corrected chi connectivity index (χ2v) is 7.14. The Bertz CT molecular complexity index is 649. The van der Waals surface area contributed by atoms with E-state index in [1.165, 1.54) is 5.56 Å². The van der Waals surface area contributed by atoms with Crippen LogP contribution in [0.2, 0.25) is 0 Å². The third-order valence-corrected chi connectivity index (χ3v) is 3.85. The number of hydrogen-bond acceptors (Lipinski definition) is 2. The van der Waals surface area contributed by atoms with Crippen LogP contribution in [0.25, 0.3) is 0 Å². The molecule has 0 aliphatic heterocycles. The van der Waals surface area contributed by atoms with Crippen molar-refractivity contribution in [2.75, 3.05) is 0 Å². The number of H-pyrrole nitrogens is 1. The van der Waals surface area contributed by atoms with E-state index < -0.39 is 0 Å². The number of nitrogens with one attached hydrogen (secondary N) is 1. The van der Waals surface area contributed by atoms with E-state index in [0.29, 0.717) is 4.64 Å². The van der Waals surface area contributed by atoms with Crippen LogP contribution in [0.4, 0.5) is 0 Å². The van der Waals surface area contributed by atoms with Crippen molar-refractivity contribution in [3.63, 3.8) is 0 Å². The number of nitrogens with zero attached hydrogens (tertiary/aromatic N) is 1. The fourth-order valence-corrected chi connectivity index (χ4v) is 2.36. The number of aromatic amines is 1. The van der Waals surface area contributed by atoms with Crippen LogP contribution >= 0.6 is 12.2 Å². The van der Waals surface area contributed by atoms with E-state index >= 15 is 0 Å². The van der Waals surface area contributed by atoms with Gasteiger partial charge in [-0.15, -0.1) is 0 Å². The number of benzene rings is 1. The Hall–Kier alpha value is -1.48. The molecule has 2 rings (SSSR count). The molecule has 0 saturated heterocycles. The van der Waals surface area contributed by atoms with Crippen LogP contribution < -0.4 is 0 Å². The lowest BCUT2D eigenvalue weighted by Gasteiger charge is -2.27. The lowest BCUT2D eigenvalue weighted by atomic mass is 9.83. The molecule has 0 spiro atoms. The fourth-order valence-electron chi connectivity index (χ4n) is 2.15. The van der Waals surface area contributed by atoms with Crippen molar-refractivity contribution >= 4 is 12.2 Å². The Labute approximate surface area is 126 Å². The summed E-state index contributed by atoms with van der Waals surface area (Å²) in [5, 5.41) is 0. The summed E-state index contributed by atoms with van der Waals surface area (Å²) in [6, 6.07) is 12.4. The van der Waals surface area contributed by atoms with Crippen LogP contribution in [-0.2, 0) is 10.8 Å². The van der Waals surface area contributed by atoms with Gasteiger partial charge >= 0.3 is 0 Å².